The van der Waals surface area contributed by atoms with E-state index >= 15 is 0 Å². The maximum absolute atomic E-state index is 5.69. The molecule has 3 rings (SSSR count). The molecule has 5 nitrogen and oxygen atoms in total. The van der Waals surface area contributed by atoms with Gasteiger partial charge in [0.25, 0.3) is 0 Å². The lowest BCUT2D eigenvalue weighted by Gasteiger charge is -2.13. The third kappa shape index (κ3) is 6.58. The van der Waals surface area contributed by atoms with Crippen LogP contribution < -0.4 is 20.1 Å². The molecule has 0 radical (unpaired) electrons. The van der Waals surface area contributed by atoms with Gasteiger partial charge in [0, 0.05) is 26.6 Å². The Morgan fingerprint density at radius 3 is 2.86 bits per heavy atom. The van der Waals surface area contributed by atoms with Crippen molar-refractivity contribution in [2.24, 2.45) is 4.99 Å². The lowest BCUT2D eigenvalue weighted by atomic mass is 10.1. The Morgan fingerprint density at radius 2 is 2.04 bits per heavy atom. The number of nitrogens with zero attached hydrogens (tertiary/aromatic N) is 1. The first kappa shape index (κ1) is 22.3. The first-order valence-electron chi connectivity index (χ1n) is 9.69. The number of aliphatic imine (C=N–C) groups is 1. The average molecular weight is 495 g/mol. The van der Waals surface area contributed by atoms with Crippen LogP contribution in [0.25, 0.3) is 0 Å². The lowest BCUT2D eigenvalue weighted by molar-refractivity contribution is 0.317. The van der Waals surface area contributed by atoms with E-state index in [2.05, 4.69) is 52.9 Å². The van der Waals surface area contributed by atoms with Gasteiger partial charge in [0.1, 0.15) is 11.5 Å². The fraction of sp³-hybridized carbons (Fsp3) is 0.409. The second-order valence-electron chi connectivity index (χ2n) is 6.64. The van der Waals surface area contributed by atoms with Crippen molar-refractivity contribution >= 4 is 29.9 Å². The van der Waals surface area contributed by atoms with Crippen LogP contribution >= 0.6 is 24.0 Å². The molecule has 2 aromatic rings. The largest absolute Gasteiger partial charge is 0.494 e. The molecule has 0 aromatic heterocycles. The standard InChI is InChI=1S/C22H29N3O2.HI/c1-3-12-26-20-6-4-5-18(15-20)16-25-22(23-2)24-11-9-17-7-8-21-19(14-17)10-13-27-21;/h4-8,14-15H,3,9-13,16H2,1-2H3,(H2,23,24,25);1H. The van der Waals surface area contributed by atoms with E-state index in [9.17, 15) is 0 Å². The molecule has 1 aliphatic rings. The summed E-state index contributed by atoms with van der Waals surface area (Å²) in [5.74, 6) is 2.76. The average Bonchev–Trinajstić information content (AvgIpc) is 3.17. The maximum atomic E-state index is 5.69. The normalized spacial score (nSPS) is 12.6. The summed E-state index contributed by atoms with van der Waals surface area (Å²) in [5, 5.41) is 6.74. The Bertz CT molecular complexity index is 780. The first-order chi connectivity index (χ1) is 13.3. The molecule has 0 saturated heterocycles. The molecule has 6 heteroatoms. The minimum absolute atomic E-state index is 0. The van der Waals surface area contributed by atoms with Crippen LogP contribution in [0.2, 0.25) is 0 Å². The molecule has 0 spiro atoms. The van der Waals surface area contributed by atoms with Crippen LogP contribution in [0, 0.1) is 0 Å². The highest BCUT2D eigenvalue weighted by Crippen LogP contribution is 2.25. The zero-order valence-corrected chi connectivity index (χ0v) is 19.0. The number of ether oxygens (including phenoxy) is 2. The number of hydrogen-bond acceptors (Lipinski definition) is 3. The van der Waals surface area contributed by atoms with Crippen molar-refractivity contribution in [1.29, 1.82) is 0 Å². The highest BCUT2D eigenvalue weighted by molar-refractivity contribution is 14.0. The topological polar surface area (TPSA) is 54.9 Å². The van der Waals surface area contributed by atoms with Gasteiger partial charge in [-0.15, -0.1) is 24.0 Å². The van der Waals surface area contributed by atoms with Crippen molar-refractivity contribution in [3.05, 3.63) is 59.2 Å². The van der Waals surface area contributed by atoms with E-state index in [1.165, 1.54) is 16.7 Å². The predicted molar refractivity (Wildman–Crippen MR) is 125 cm³/mol. The van der Waals surface area contributed by atoms with Gasteiger partial charge in [0.15, 0.2) is 5.96 Å². The molecule has 0 unspecified atom stereocenters. The first-order valence-corrected chi connectivity index (χ1v) is 9.69. The number of nitrogens with one attached hydrogen (secondary N) is 2. The van der Waals surface area contributed by atoms with Crippen LogP contribution in [-0.4, -0.2) is 32.8 Å². The van der Waals surface area contributed by atoms with Gasteiger partial charge >= 0.3 is 0 Å². The Balaban J connectivity index is 0.00000280. The van der Waals surface area contributed by atoms with Gasteiger partial charge in [0.05, 0.1) is 13.2 Å². The molecule has 0 bridgehead atoms. The number of hydrogen-bond donors (Lipinski definition) is 2. The lowest BCUT2D eigenvalue weighted by Crippen LogP contribution is -2.37. The van der Waals surface area contributed by atoms with E-state index in [0.717, 1.165) is 56.5 Å². The predicted octanol–water partition coefficient (Wildman–Crippen LogP) is 3.94. The Labute approximate surface area is 184 Å². The minimum Gasteiger partial charge on any atom is -0.494 e. The van der Waals surface area contributed by atoms with Crippen LogP contribution in [0.15, 0.2) is 47.5 Å². The van der Waals surface area contributed by atoms with E-state index in [1.54, 1.807) is 7.05 Å². The van der Waals surface area contributed by atoms with Crippen LogP contribution in [0.3, 0.4) is 0 Å². The molecule has 1 aliphatic heterocycles. The minimum atomic E-state index is 0. The third-order valence-electron chi connectivity index (χ3n) is 4.51. The van der Waals surface area contributed by atoms with Crippen molar-refractivity contribution in [1.82, 2.24) is 10.6 Å². The van der Waals surface area contributed by atoms with Crippen molar-refractivity contribution in [2.45, 2.75) is 32.7 Å². The van der Waals surface area contributed by atoms with Crippen LogP contribution in [-0.2, 0) is 19.4 Å². The van der Waals surface area contributed by atoms with Gasteiger partial charge in [-0.25, -0.2) is 0 Å². The summed E-state index contributed by atoms with van der Waals surface area (Å²) in [5.41, 5.74) is 3.81. The Hall–Kier alpha value is -1.96. The molecular formula is C22H30IN3O2. The van der Waals surface area contributed by atoms with Crippen molar-refractivity contribution in [2.75, 3.05) is 26.8 Å². The SMILES string of the molecule is CCCOc1cccc(CNC(=NC)NCCc2ccc3c(c2)CCO3)c1.I. The van der Waals surface area contributed by atoms with Crippen LogP contribution in [0.4, 0.5) is 0 Å². The van der Waals surface area contributed by atoms with E-state index in [1.807, 2.05) is 12.1 Å². The number of halogens is 1. The Kier molecular flexibility index (Phi) is 9.40. The summed E-state index contributed by atoms with van der Waals surface area (Å²) in [4.78, 5) is 4.31. The van der Waals surface area contributed by atoms with Crippen molar-refractivity contribution < 1.29 is 9.47 Å². The molecule has 152 valence electrons. The van der Waals surface area contributed by atoms with E-state index < -0.39 is 0 Å². The van der Waals surface area contributed by atoms with Crippen LogP contribution in [0.1, 0.15) is 30.0 Å². The maximum Gasteiger partial charge on any atom is 0.191 e. The second kappa shape index (κ2) is 11.8. The molecule has 0 aliphatic carbocycles. The van der Waals surface area contributed by atoms with Gasteiger partial charge in [-0.2, -0.15) is 0 Å². The second-order valence-corrected chi connectivity index (χ2v) is 6.64. The van der Waals surface area contributed by atoms with Gasteiger partial charge in [-0.05, 0) is 47.7 Å². The molecule has 2 N–H and O–H groups in total. The summed E-state index contributed by atoms with van der Waals surface area (Å²) in [6, 6.07) is 14.7. The molecular weight excluding hydrogens is 465 g/mol. The Morgan fingerprint density at radius 1 is 1.14 bits per heavy atom. The molecule has 0 amide bonds. The highest BCUT2D eigenvalue weighted by Gasteiger charge is 2.11. The molecule has 28 heavy (non-hydrogen) atoms. The molecule has 1 heterocycles. The van der Waals surface area contributed by atoms with Gasteiger partial charge in [0.2, 0.25) is 0 Å². The molecule has 0 atom stereocenters. The zero-order valence-electron chi connectivity index (χ0n) is 16.7. The molecule has 2 aromatic carbocycles. The number of guanidine groups is 1. The summed E-state index contributed by atoms with van der Waals surface area (Å²) in [6.07, 6.45) is 2.98. The van der Waals surface area contributed by atoms with Gasteiger partial charge in [-0.1, -0.05) is 31.2 Å². The van der Waals surface area contributed by atoms with Crippen molar-refractivity contribution in [3.8, 4) is 11.5 Å². The van der Waals surface area contributed by atoms with Crippen molar-refractivity contribution in [3.63, 3.8) is 0 Å². The smallest absolute Gasteiger partial charge is 0.191 e. The summed E-state index contributed by atoms with van der Waals surface area (Å²) in [6.45, 7) is 5.20. The van der Waals surface area contributed by atoms with E-state index in [0.29, 0.717) is 6.54 Å². The quantitative estimate of drug-likeness (QED) is 0.331. The monoisotopic (exact) mass is 495 g/mol. The van der Waals surface area contributed by atoms with Gasteiger partial charge < -0.3 is 20.1 Å². The summed E-state index contributed by atoms with van der Waals surface area (Å²) in [7, 11) is 1.79. The third-order valence-corrected chi connectivity index (χ3v) is 4.51. The molecule has 0 fully saturated rings. The van der Waals surface area contributed by atoms with E-state index in [4.69, 9.17) is 9.47 Å². The van der Waals surface area contributed by atoms with Crippen LogP contribution in [0.5, 0.6) is 11.5 Å². The molecule has 0 saturated carbocycles. The fourth-order valence-corrected chi connectivity index (χ4v) is 3.09. The number of benzene rings is 2. The van der Waals surface area contributed by atoms with Gasteiger partial charge in [-0.3, -0.25) is 4.99 Å². The highest BCUT2D eigenvalue weighted by atomic mass is 127. The number of rotatable bonds is 8. The zero-order chi connectivity index (χ0) is 18.9. The summed E-state index contributed by atoms with van der Waals surface area (Å²) < 4.78 is 11.3. The number of fused-ring (bicyclic) bond motifs is 1. The fourth-order valence-electron chi connectivity index (χ4n) is 3.09. The summed E-state index contributed by atoms with van der Waals surface area (Å²) >= 11 is 0. The van der Waals surface area contributed by atoms with E-state index in [-0.39, 0.29) is 24.0 Å².